The second-order valence-corrected chi connectivity index (χ2v) is 13.0. The van der Waals surface area contributed by atoms with Crippen LogP contribution in [0.2, 0.25) is 0 Å². The molecule has 0 fully saturated rings. The maximum absolute atomic E-state index is 12.2. The van der Waals surface area contributed by atoms with Gasteiger partial charge in [0, 0.05) is 24.0 Å². The fourth-order valence-electron chi connectivity index (χ4n) is 5.96. The van der Waals surface area contributed by atoms with Gasteiger partial charge in [-0.15, -0.1) is 0 Å². The van der Waals surface area contributed by atoms with Crippen LogP contribution >= 0.6 is 0 Å². The number of phenols is 1. The van der Waals surface area contributed by atoms with Gasteiger partial charge in [-0.1, -0.05) is 95.1 Å². The molecular formula is C38H60O8. The Morgan fingerprint density at radius 1 is 0.826 bits per heavy atom. The molecule has 46 heavy (non-hydrogen) atoms. The smallest absolute Gasteiger partial charge is 0.342 e. The largest absolute Gasteiger partial charge is 0.507 e. The van der Waals surface area contributed by atoms with Crippen LogP contribution in [0.5, 0.6) is 11.5 Å². The van der Waals surface area contributed by atoms with Crippen LogP contribution in [0.4, 0.5) is 0 Å². The first-order valence-corrected chi connectivity index (χ1v) is 17.7. The summed E-state index contributed by atoms with van der Waals surface area (Å²) in [5.74, 6) is -0.286. The first-order chi connectivity index (χ1) is 22.1. The minimum atomic E-state index is -0.510. The summed E-state index contributed by atoms with van der Waals surface area (Å²) in [6.07, 6.45) is 21.9. The number of fused-ring (bicyclic) bond motifs is 1. The van der Waals surface area contributed by atoms with Crippen molar-refractivity contribution in [2.75, 3.05) is 13.7 Å². The van der Waals surface area contributed by atoms with E-state index in [0.29, 0.717) is 49.2 Å². The van der Waals surface area contributed by atoms with Crippen LogP contribution in [0.3, 0.4) is 0 Å². The van der Waals surface area contributed by atoms with Gasteiger partial charge >= 0.3 is 17.9 Å². The standard InChI is InChI=1S/C38H60O8/c1-28(2)46-34(40)21-19-17-15-13-11-9-7-6-8-10-12-14-16-18-20-26-44-33(39)25-23-29(3)22-24-31-36(41)35-32(27-45-38(35)42)30(4)37(31)43-5/h22,28,41H,6-21,23-27H2,1-5H3/b29-22+. The van der Waals surface area contributed by atoms with Crippen LogP contribution in [-0.4, -0.2) is 42.8 Å². The maximum atomic E-state index is 12.2. The Morgan fingerprint density at radius 3 is 1.91 bits per heavy atom. The predicted octanol–water partition coefficient (Wildman–Crippen LogP) is 9.39. The highest BCUT2D eigenvalue weighted by Gasteiger charge is 2.31. The highest BCUT2D eigenvalue weighted by Crippen LogP contribution is 2.42. The SMILES string of the molecule is COc1c(C)c2c(c(O)c1C/C=C(\C)CCC(=O)OCCCCCCCCCCCCCCCCCC(=O)OC(C)C)C(=O)OC2. The van der Waals surface area contributed by atoms with E-state index in [9.17, 15) is 19.5 Å². The van der Waals surface area contributed by atoms with E-state index in [0.717, 1.165) is 36.8 Å². The number of aromatic hydroxyl groups is 1. The van der Waals surface area contributed by atoms with E-state index >= 15 is 0 Å². The number of hydrogen-bond donors (Lipinski definition) is 1. The van der Waals surface area contributed by atoms with Gasteiger partial charge in [-0.3, -0.25) is 9.59 Å². The average Bonchev–Trinajstić information content (AvgIpc) is 3.41. The molecule has 2 rings (SSSR count). The monoisotopic (exact) mass is 644 g/mol. The second kappa shape index (κ2) is 22.5. The fraction of sp³-hybridized carbons (Fsp3) is 0.711. The number of phenolic OH excluding ortho intramolecular Hbond substituents is 1. The fourth-order valence-corrected chi connectivity index (χ4v) is 5.96. The zero-order valence-corrected chi connectivity index (χ0v) is 29.3. The summed E-state index contributed by atoms with van der Waals surface area (Å²) < 4.78 is 21.2. The summed E-state index contributed by atoms with van der Waals surface area (Å²) in [4.78, 5) is 35.8. The molecule has 1 aromatic rings. The third-order valence-electron chi connectivity index (χ3n) is 8.68. The minimum Gasteiger partial charge on any atom is -0.507 e. The van der Waals surface area contributed by atoms with Crippen LogP contribution in [0.1, 0.15) is 163 Å². The topological polar surface area (TPSA) is 108 Å². The molecule has 1 aromatic carbocycles. The third kappa shape index (κ3) is 14.6. The molecule has 1 aliphatic heterocycles. The molecule has 0 amide bonds. The Morgan fingerprint density at radius 2 is 1.37 bits per heavy atom. The molecule has 0 saturated carbocycles. The quantitative estimate of drug-likeness (QED) is 0.0485. The number of methoxy groups -OCH3 is 1. The lowest BCUT2D eigenvalue weighted by Crippen LogP contribution is -2.10. The van der Waals surface area contributed by atoms with Gasteiger partial charge in [0.1, 0.15) is 23.7 Å². The molecule has 260 valence electrons. The average molecular weight is 645 g/mol. The van der Waals surface area contributed by atoms with Crippen molar-refractivity contribution in [1.29, 1.82) is 0 Å². The number of esters is 3. The predicted molar refractivity (Wildman–Crippen MR) is 181 cm³/mol. The van der Waals surface area contributed by atoms with Gasteiger partial charge in [0.05, 0.1) is 19.8 Å². The highest BCUT2D eigenvalue weighted by atomic mass is 16.5. The number of carbonyl (C=O) groups excluding carboxylic acids is 3. The molecule has 0 bridgehead atoms. The van der Waals surface area contributed by atoms with E-state index in [4.69, 9.17) is 18.9 Å². The zero-order valence-electron chi connectivity index (χ0n) is 29.3. The van der Waals surface area contributed by atoms with Crippen molar-refractivity contribution in [2.45, 2.75) is 162 Å². The lowest BCUT2D eigenvalue weighted by Gasteiger charge is -2.15. The van der Waals surface area contributed by atoms with Gasteiger partial charge in [0.25, 0.3) is 0 Å². The Labute approximate surface area is 277 Å². The van der Waals surface area contributed by atoms with Crippen molar-refractivity contribution in [1.82, 2.24) is 0 Å². The van der Waals surface area contributed by atoms with Gasteiger partial charge in [0.2, 0.25) is 0 Å². The first-order valence-electron chi connectivity index (χ1n) is 17.7. The summed E-state index contributed by atoms with van der Waals surface area (Å²) in [5.41, 5.74) is 3.27. The lowest BCUT2D eigenvalue weighted by molar-refractivity contribution is -0.147. The molecule has 1 heterocycles. The Hall–Kier alpha value is -3.03. The zero-order chi connectivity index (χ0) is 33.7. The van der Waals surface area contributed by atoms with E-state index in [1.54, 1.807) is 7.11 Å². The Kier molecular flexibility index (Phi) is 19.1. The van der Waals surface area contributed by atoms with Crippen LogP contribution in [0, 0.1) is 6.92 Å². The van der Waals surface area contributed by atoms with Gasteiger partial charge in [-0.05, 0) is 58.9 Å². The second-order valence-electron chi connectivity index (χ2n) is 13.0. The van der Waals surface area contributed by atoms with Crippen molar-refractivity contribution in [3.8, 4) is 11.5 Å². The molecule has 1 aliphatic rings. The molecule has 0 atom stereocenters. The molecule has 0 radical (unpaired) electrons. The molecule has 0 aromatic heterocycles. The third-order valence-corrected chi connectivity index (χ3v) is 8.68. The number of cyclic esters (lactones) is 1. The van der Waals surface area contributed by atoms with Crippen molar-refractivity contribution in [3.63, 3.8) is 0 Å². The maximum Gasteiger partial charge on any atom is 0.342 e. The summed E-state index contributed by atoms with van der Waals surface area (Å²) in [6, 6.07) is 0. The van der Waals surface area contributed by atoms with E-state index < -0.39 is 5.97 Å². The summed E-state index contributed by atoms with van der Waals surface area (Å²) >= 11 is 0. The Balaban J connectivity index is 1.43. The number of unbranched alkanes of at least 4 members (excludes halogenated alkanes) is 14. The number of carbonyl (C=O) groups is 3. The number of ether oxygens (including phenoxy) is 4. The minimum absolute atomic E-state index is 0.0111. The molecule has 0 spiro atoms. The molecule has 0 saturated heterocycles. The van der Waals surface area contributed by atoms with Crippen molar-refractivity contribution in [3.05, 3.63) is 33.9 Å². The van der Waals surface area contributed by atoms with Gasteiger partial charge < -0.3 is 24.1 Å². The van der Waals surface area contributed by atoms with Crippen LogP contribution in [-0.2, 0) is 36.8 Å². The molecule has 0 unspecified atom stereocenters. The van der Waals surface area contributed by atoms with E-state index in [2.05, 4.69) is 0 Å². The van der Waals surface area contributed by atoms with Crippen molar-refractivity contribution >= 4 is 17.9 Å². The Bertz CT molecular complexity index is 1120. The highest BCUT2D eigenvalue weighted by molar-refractivity contribution is 5.98. The lowest BCUT2D eigenvalue weighted by atomic mass is 9.94. The normalized spacial score (nSPS) is 12.7. The summed E-state index contributed by atoms with van der Waals surface area (Å²) in [7, 11) is 1.55. The molecule has 8 heteroatoms. The molecule has 0 aliphatic carbocycles. The summed E-state index contributed by atoms with van der Waals surface area (Å²) in [6.45, 7) is 8.22. The molecular weight excluding hydrogens is 584 g/mol. The molecule has 8 nitrogen and oxygen atoms in total. The van der Waals surface area contributed by atoms with Gasteiger partial charge in [-0.2, -0.15) is 0 Å². The molecule has 1 N–H and O–H groups in total. The van der Waals surface area contributed by atoms with Crippen molar-refractivity contribution in [2.24, 2.45) is 0 Å². The van der Waals surface area contributed by atoms with Crippen molar-refractivity contribution < 1.29 is 38.4 Å². The number of benzene rings is 1. The summed E-state index contributed by atoms with van der Waals surface area (Å²) in [5, 5.41) is 10.8. The van der Waals surface area contributed by atoms with Gasteiger partial charge in [-0.25, -0.2) is 4.79 Å². The van der Waals surface area contributed by atoms with Crippen LogP contribution in [0.25, 0.3) is 0 Å². The van der Waals surface area contributed by atoms with E-state index in [1.165, 1.54) is 70.6 Å². The number of rotatable bonds is 25. The number of allylic oxidation sites excluding steroid dienone is 2. The van der Waals surface area contributed by atoms with E-state index in [1.807, 2.05) is 33.8 Å². The van der Waals surface area contributed by atoms with Crippen LogP contribution in [0.15, 0.2) is 11.6 Å². The van der Waals surface area contributed by atoms with Crippen LogP contribution < -0.4 is 4.74 Å². The number of hydrogen-bond acceptors (Lipinski definition) is 8. The van der Waals surface area contributed by atoms with E-state index in [-0.39, 0.29) is 36.0 Å². The first kappa shape index (κ1) is 39.1. The van der Waals surface area contributed by atoms with Gasteiger partial charge in [0.15, 0.2) is 0 Å².